The summed E-state index contributed by atoms with van der Waals surface area (Å²) in [5.41, 5.74) is 4.30. The second-order valence-electron chi connectivity index (χ2n) is 7.54. The highest BCUT2D eigenvalue weighted by Gasteiger charge is 2.26. The highest BCUT2D eigenvalue weighted by Crippen LogP contribution is 2.38. The third-order valence-electron chi connectivity index (χ3n) is 3.68. The average Bonchev–Trinajstić information content (AvgIpc) is 2.49. The Balaban J connectivity index is 2.63. The van der Waals surface area contributed by atoms with Gasteiger partial charge in [-0.25, -0.2) is 0 Å². The molecular weight excluding hydrogens is 234 g/mol. The first-order valence-corrected chi connectivity index (χ1v) is 7.21. The summed E-state index contributed by atoms with van der Waals surface area (Å²) in [4.78, 5) is 0. The van der Waals surface area contributed by atoms with Crippen LogP contribution in [-0.4, -0.2) is 13.2 Å². The van der Waals surface area contributed by atoms with E-state index in [-0.39, 0.29) is 10.8 Å². The molecule has 0 spiro atoms. The van der Waals surface area contributed by atoms with Crippen LogP contribution in [0.25, 0.3) is 0 Å². The van der Waals surface area contributed by atoms with Gasteiger partial charge < -0.3 is 10.1 Å². The molecule has 1 N–H and O–H groups in total. The zero-order valence-corrected chi connectivity index (χ0v) is 13.2. The Morgan fingerprint density at radius 2 is 1.68 bits per heavy atom. The predicted molar refractivity (Wildman–Crippen MR) is 81.0 cm³/mol. The quantitative estimate of drug-likeness (QED) is 0.767. The minimum absolute atomic E-state index is 0.107. The minimum Gasteiger partial charge on any atom is -0.492 e. The van der Waals surface area contributed by atoms with Gasteiger partial charge in [0.15, 0.2) is 0 Å². The lowest BCUT2D eigenvalue weighted by Crippen LogP contribution is -2.19. The van der Waals surface area contributed by atoms with E-state index in [1.54, 1.807) is 0 Å². The fourth-order valence-electron chi connectivity index (χ4n) is 2.43. The Kier molecular flexibility index (Phi) is 3.65. The fraction of sp³-hybridized carbons (Fsp3) is 0.647. The topological polar surface area (TPSA) is 21.3 Å². The van der Waals surface area contributed by atoms with E-state index < -0.39 is 0 Å². The number of fused-ring (bicyclic) bond motifs is 1. The van der Waals surface area contributed by atoms with Crippen molar-refractivity contribution in [2.75, 3.05) is 13.2 Å². The molecular formula is C17H27NO. The predicted octanol–water partition coefficient (Wildman–Crippen LogP) is 3.76. The van der Waals surface area contributed by atoms with Crippen LogP contribution in [0.3, 0.4) is 0 Å². The second-order valence-corrected chi connectivity index (χ2v) is 7.54. The van der Waals surface area contributed by atoms with Crippen LogP contribution in [0.4, 0.5) is 0 Å². The lowest BCUT2D eigenvalue weighted by Gasteiger charge is -2.28. The molecule has 0 radical (unpaired) electrons. The van der Waals surface area contributed by atoms with Crippen LogP contribution in [-0.2, 0) is 17.4 Å². The molecule has 1 heterocycles. The van der Waals surface area contributed by atoms with Gasteiger partial charge in [0.2, 0.25) is 0 Å². The van der Waals surface area contributed by atoms with Crippen LogP contribution in [0.1, 0.15) is 58.2 Å². The maximum atomic E-state index is 6.01. The largest absolute Gasteiger partial charge is 0.492 e. The van der Waals surface area contributed by atoms with E-state index in [2.05, 4.69) is 59.0 Å². The van der Waals surface area contributed by atoms with Gasteiger partial charge in [-0.05, 0) is 16.4 Å². The van der Waals surface area contributed by atoms with Crippen molar-refractivity contribution in [2.24, 2.45) is 0 Å². The molecule has 0 aromatic heterocycles. The van der Waals surface area contributed by atoms with Crippen molar-refractivity contribution >= 4 is 0 Å². The molecule has 0 fully saturated rings. The first kappa shape index (κ1) is 14.4. The molecule has 0 saturated carbocycles. The number of rotatable bonds is 0. The van der Waals surface area contributed by atoms with Gasteiger partial charge in [-0.1, -0.05) is 53.7 Å². The van der Waals surface area contributed by atoms with E-state index in [1.807, 2.05) is 0 Å². The van der Waals surface area contributed by atoms with E-state index in [0.717, 1.165) is 25.4 Å². The van der Waals surface area contributed by atoms with Gasteiger partial charge in [-0.2, -0.15) is 0 Å². The molecule has 1 aliphatic rings. The number of benzene rings is 1. The maximum absolute atomic E-state index is 6.01. The molecule has 0 unspecified atom stereocenters. The maximum Gasteiger partial charge on any atom is 0.127 e. The lowest BCUT2D eigenvalue weighted by molar-refractivity contribution is 0.316. The molecule has 106 valence electrons. The van der Waals surface area contributed by atoms with Gasteiger partial charge in [-0.15, -0.1) is 0 Å². The molecule has 19 heavy (non-hydrogen) atoms. The molecule has 0 saturated heterocycles. The Morgan fingerprint density at radius 1 is 1.00 bits per heavy atom. The number of hydrogen-bond donors (Lipinski definition) is 1. The summed E-state index contributed by atoms with van der Waals surface area (Å²) in [5, 5.41) is 3.44. The van der Waals surface area contributed by atoms with Crippen LogP contribution in [0.15, 0.2) is 12.1 Å². The third-order valence-corrected chi connectivity index (χ3v) is 3.68. The Bertz CT molecular complexity index is 463. The van der Waals surface area contributed by atoms with Crippen molar-refractivity contribution in [3.63, 3.8) is 0 Å². The summed E-state index contributed by atoms with van der Waals surface area (Å²) in [5.74, 6) is 1.10. The van der Waals surface area contributed by atoms with Crippen LogP contribution in [0, 0.1) is 0 Å². The highest BCUT2D eigenvalue weighted by atomic mass is 16.5. The zero-order valence-electron chi connectivity index (χ0n) is 13.2. The van der Waals surface area contributed by atoms with Crippen molar-refractivity contribution in [1.29, 1.82) is 0 Å². The van der Waals surface area contributed by atoms with Crippen LogP contribution >= 0.6 is 0 Å². The highest BCUT2D eigenvalue weighted by molar-refractivity contribution is 5.50. The molecule has 1 aromatic rings. The van der Waals surface area contributed by atoms with E-state index >= 15 is 0 Å². The number of nitrogens with one attached hydrogen (secondary N) is 1. The summed E-state index contributed by atoms with van der Waals surface area (Å²) in [6.45, 7) is 16.2. The Hall–Kier alpha value is -1.02. The number of hydrogen-bond acceptors (Lipinski definition) is 2. The Labute approximate surface area is 117 Å². The van der Waals surface area contributed by atoms with Gasteiger partial charge in [0, 0.05) is 24.2 Å². The van der Waals surface area contributed by atoms with E-state index in [0.29, 0.717) is 0 Å². The van der Waals surface area contributed by atoms with Gasteiger partial charge >= 0.3 is 0 Å². The molecule has 0 aliphatic carbocycles. The smallest absolute Gasteiger partial charge is 0.127 e. The zero-order chi connectivity index (χ0) is 14.3. The standard InChI is InChI=1S/C17H27NO/c1-16(2,3)13-9-12-11-18-7-8-19-15(12)14(10-13)17(4,5)6/h9-10,18H,7-8,11H2,1-6H3. The summed E-state index contributed by atoms with van der Waals surface area (Å²) in [6.07, 6.45) is 0. The molecule has 0 atom stereocenters. The van der Waals surface area contributed by atoms with Crippen molar-refractivity contribution in [2.45, 2.75) is 58.9 Å². The van der Waals surface area contributed by atoms with Gasteiger partial charge in [0.25, 0.3) is 0 Å². The summed E-state index contributed by atoms with van der Waals surface area (Å²) in [6, 6.07) is 4.65. The van der Waals surface area contributed by atoms with Gasteiger partial charge in [-0.3, -0.25) is 0 Å². The number of ether oxygens (including phenoxy) is 1. The molecule has 0 bridgehead atoms. The normalized spacial score (nSPS) is 16.5. The lowest BCUT2D eigenvalue weighted by atomic mass is 9.79. The molecule has 2 nitrogen and oxygen atoms in total. The van der Waals surface area contributed by atoms with Gasteiger partial charge in [0.05, 0.1) is 0 Å². The third kappa shape index (κ3) is 3.11. The molecule has 0 amide bonds. The van der Waals surface area contributed by atoms with Crippen LogP contribution in [0.2, 0.25) is 0 Å². The minimum atomic E-state index is 0.107. The molecule has 2 heteroatoms. The monoisotopic (exact) mass is 261 g/mol. The molecule has 1 aromatic carbocycles. The summed E-state index contributed by atoms with van der Waals surface area (Å²) < 4.78 is 6.01. The van der Waals surface area contributed by atoms with Crippen LogP contribution in [0.5, 0.6) is 5.75 Å². The summed E-state index contributed by atoms with van der Waals surface area (Å²) in [7, 11) is 0. The summed E-state index contributed by atoms with van der Waals surface area (Å²) >= 11 is 0. The van der Waals surface area contributed by atoms with Crippen LogP contribution < -0.4 is 10.1 Å². The second kappa shape index (κ2) is 4.82. The molecule has 2 rings (SSSR count). The van der Waals surface area contributed by atoms with E-state index in [4.69, 9.17) is 4.74 Å². The van der Waals surface area contributed by atoms with E-state index in [1.165, 1.54) is 16.7 Å². The van der Waals surface area contributed by atoms with Crippen molar-refractivity contribution in [3.05, 3.63) is 28.8 Å². The first-order chi connectivity index (χ1) is 8.69. The SMILES string of the molecule is CC(C)(C)c1cc2c(c(C(C)(C)C)c1)OCCNC2. The van der Waals surface area contributed by atoms with Gasteiger partial charge in [0.1, 0.15) is 12.4 Å². The Morgan fingerprint density at radius 3 is 2.26 bits per heavy atom. The van der Waals surface area contributed by atoms with Crippen molar-refractivity contribution < 1.29 is 4.74 Å². The van der Waals surface area contributed by atoms with E-state index in [9.17, 15) is 0 Å². The van der Waals surface area contributed by atoms with Crippen molar-refractivity contribution in [3.8, 4) is 5.75 Å². The molecule has 1 aliphatic heterocycles. The van der Waals surface area contributed by atoms with Crippen molar-refractivity contribution in [1.82, 2.24) is 5.32 Å². The first-order valence-electron chi connectivity index (χ1n) is 7.21. The average molecular weight is 261 g/mol. The fourth-order valence-corrected chi connectivity index (χ4v) is 2.43.